The average molecular weight is 382 g/mol. The molecule has 140 valence electrons. The van der Waals surface area contributed by atoms with Gasteiger partial charge in [0.25, 0.3) is 5.22 Å². The number of carbonyl (C=O) groups excluding carboxylic acids is 1. The highest BCUT2D eigenvalue weighted by Crippen LogP contribution is 2.26. The molecule has 0 fully saturated rings. The molecule has 0 saturated carbocycles. The normalized spacial score (nSPS) is 13.1. The van der Waals surface area contributed by atoms with Crippen LogP contribution >= 0.6 is 11.8 Å². The molecular formula is C20H22N4O2S. The van der Waals surface area contributed by atoms with Crippen molar-refractivity contribution in [3.05, 3.63) is 60.4 Å². The van der Waals surface area contributed by atoms with E-state index in [0.29, 0.717) is 23.6 Å². The van der Waals surface area contributed by atoms with E-state index in [1.807, 2.05) is 31.2 Å². The Bertz CT molecular complexity index is 855. The summed E-state index contributed by atoms with van der Waals surface area (Å²) in [6.07, 6.45) is 4.30. The zero-order valence-electron chi connectivity index (χ0n) is 15.3. The molecule has 2 aromatic heterocycles. The summed E-state index contributed by atoms with van der Waals surface area (Å²) in [7, 11) is 0. The molecule has 1 aromatic carbocycles. The molecule has 1 amide bonds. The minimum absolute atomic E-state index is 0.0458. The first-order valence-electron chi connectivity index (χ1n) is 8.90. The smallest absolute Gasteiger partial charge is 0.277 e. The van der Waals surface area contributed by atoms with Crippen LogP contribution in [0.2, 0.25) is 0 Å². The number of aromatic nitrogens is 3. The largest absolute Gasteiger partial charge is 0.411 e. The number of hydrogen-bond donors (Lipinski definition) is 1. The minimum Gasteiger partial charge on any atom is -0.411 e. The van der Waals surface area contributed by atoms with Crippen molar-refractivity contribution in [3.63, 3.8) is 0 Å². The van der Waals surface area contributed by atoms with Crippen molar-refractivity contribution in [2.24, 2.45) is 0 Å². The Labute approximate surface area is 162 Å². The number of amides is 1. The van der Waals surface area contributed by atoms with Gasteiger partial charge in [-0.25, -0.2) is 0 Å². The van der Waals surface area contributed by atoms with Crippen LogP contribution < -0.4 is 5.32 Å². The quantitative estimate of drug-likeness (QED) is 0.595. The van der Waals surface area contributed by atoms with E-state index in [0.717, 1.165) is 12.0 Å². The van der Waals surface area contributed by atoms with Crippen LogP contribution in [0.4, 0.5) is 0 Å². The number of carbonyl (C=O) groups is 1. The molecule has 2 atom stereocenters. The van der Waals surface area contributed by atoms with Crippen LogP contribution in [0.15, 0.2) is 64.5 Å². The first-order chi connectivity index (χ1) is 13.2. The molecule has 0 spiro atoms. The van der Waals surface area contributed by atoms with Gasteiger partial charge < -0.3 is 9.73 Å². The van der Waals surface area contributed by atoms with Crippen molar-refractivity contribution in [1.29, 1.82) is 0 Å². The lowest BCUT2D eigenvalue weighted by molar-refractivity contribution is -0.120. The molecule has 0 unspecified atom stereocenters. The zero-order valence-corrected chi connectivity index (χ0v) is 16.1. The van der Waals surface area contributed by atoms with E-state index in [2.05, 4.69) is 39.6 Å². The average Bonchev–Trinajstić information content (AvgIpc) is 3.18. The van der Waals surface area contributed by atoms with E-state index in [-0.39, 0.29) is 11.2 Å². The molecule has 1 N–H and O–H groups in total. The van der Waals surface area contributed by atoms with Gasteiger partial charge in [-0.15, -0.1) is 10.2 Å². The van der Waals surface area contributed by atoms with Gasteiger partial charge in [-0.3, -0.25) is 9.78 Å². The Morgan fingerprint density at radius 1 is 1.19 bits per heavy atom. The summed E-state index contributed by atoms with van der Waals surface area (Å²) >= 11 is 1.25. The van der Waals surface area contributed by atoms with Crippen molar-refractivity contribution in [3.8, 4) is 11.5 Å². The van der Waals surface area contributed by atoms with E-state index in [9.17, 15) is 4.79 Å². The maximum atomic E-state index is 12.4. The summed E-state index contributed by atoms with van der Waals surface area (Å²) in [5, 5.41) is 11.1. The second-order valence-corrected chi connectivity index (χ2v) is 7.43. The molecule has 0 bridgehead atoms. The number of thioether (sulfide) groups is 1. The Hall–Kier alpha value is -2.67. The molecule has 6 nitrogen and oxygen atoms in total. The fourth-order valence-electron chi connectivity index (χ4n) is 2.66. The number of nitrogens with zero attached hydrogens (tertiary/aromatic N) is 3. The second-order valence-electron chi connectivity index (χ2n) is 6.14. The molecule has 2 heterocycles. The van der Waals surface area contributed by atoms with Gasteiger partial charge in [0.15, 0.2) is 0 Å². The topological polar surface area (TPSA) is 80.9 Å². The van der Waals surface area contributed by atoms with Crippen LogP contribution in [0.3, 0.4) is 0 Å². The van der Waals surface area contributed by atoms with Crippen LogP contribution in [0, 0.1) is 0 Å². The molecule has 0 aliphatic heterocycles. The predicted octanol–water partition coefficient (Wildman–Crippen LogP) is 3.92. The van der Waals surface area contributed by atoms with Crippen LogP contribution in [-0.2, 0) is 4.79 Å². The highest BCUT2D eigenvalue weighted by Gasteiger charge is 2.20. The lowest BCUT2D eigenvalue weighted by atomic mass is 9.96. The van der Waals surface area contributed by atoms with Gasteiger partial charge in [-0.1, -0.05) is 49.0 Å². The van der Waals surface area contributed by atoms with Crippen LogP contribution in [-0.4, -0.2) is 32.9 Å². The molecule has 0 aliphatic rings. The van der Waals surface area contributed by atoms with Gasteiger partial charge in [0.2, 0.25) is 11.8 Å². The number of benzene rings is 1. The molecule has 3 rings (SSSR count). The highest BCUT2D eigenvalue weighted by molar-refractivity contribution is 8.00. The summed E-state index contributed by atoms with van der Waals surface area (Å²) in [5.74, 6) is 0.650. The third-order valence-electron chi connectivity index (χ3n) is 4.25. The molecule has 7 heteroatoms. The van der Waals surface area contributed by atoms with E-state index in [1.165, 1.54) is 17.3 Å². The van der Waals surface area contributed by atoms with E-state index in [1.54, 1.807) is 18.5 Å². The minimum atomic E-state index is -0.333. The van der Waals surface area contributed by atoms with E-state index in [4.69, 9.17) is 4.42 Å². The first-order valence-corrected chi connectivity index (χ1v) is 9.78. The fraction of sp³-hybridized carbons (Fsp3) is 0.300. The van der Waals surface area contributed by atoms with Gasteiger partial charge in [0, 0.05) is 24.9 Å². The van der Waals surface area contributed by atoms with Crippen molar-refractivity contribution < 1.29 is 9.21 Å². The number of hydrogen-bond acceptors (Lipinski definition) is 6. The van der Waals surface area contributed by atoms with Gasteiger partial charge in [-0.05, 0) is 31.0 Å². The highest BCUT2D eigenvalue weighted by atomic mass is 32.2. The zero-order chi connectivity index (χ0) is 19.1. The van der Waals surface area contributed by atoms with Crippen molar-refractivity contribution >= 4 is 17.7 Å². The summed E-state index contributed by atoms with van der Waals surface area (Å²) in [6.45, 7) is 4.56. The molecule has 3 aromatic rings. The Morgan fingerprint density at radius 3 is 2.70 bits per heavy atom. The molecule has 0 aliphatic carbocycles. The lowest BCUT2D eigenvalue weighted by Crippen LogP contribution is -2.34. The fourth-order valence-corrected chi connectivity index (χ4v) is 3.37. The molecule has 0 saturated heterocycles. The van der Waals surface area contributed by atoms with Gasteiger partial charge >= 0.3 is 0 Å². The molecular weight excluding hydrogens is 360 g/mol. The number of nitrogens with one attached hydrogen (secondary N) is 1. The summed E-state index contributed by atoms with van der Waals surface area (Å²) in [4.78, 5) is 16.5. The van der Waals surface area contributed by atoms with E-state index >= 15 is 0 Å². The number of pyridine rings is 1. The Kier molecular flexibility index (Phi) is 6.59. The van der Waals surface area contributed by atoms with Gasteiger partial charge in [0.05, 0.1) is 10.8 Å². The van der Waals surface area contributed by atoms with Crippen molar-refractivity contribution in [2.75, 3.05) is 6.54 Å². The molecule has 27 heavy (non-hydrogen) atoms. The predicted molar refractivity (Wildman–Crippen MR) is 105 cm³/mol. The number of rotatable bonds is 8. The summed E-state index contributed by atoms with van der Waals surface area (Å²) in [6, 6.07) is 13.9. The van der Waals surface area contributed by atoms with Gasteiger partial charge in [0.1, 0.15) is 0 Å². The van der Waals surface area contributed by atoms with Crippen LogP contribution in [0.1, 0.15) is 31.7 Å². The monoisotopic (exact) mass is 382 g/mol. The Balaban J connectivity index is 1.54. The molecule has 0 radical (unpaired) electrons. The Morgan fingerprint density at radius 2 is 2.00 bits per heavy atom. The third-order valence-corrected chi connectivity index (χ3v) is 5.18. The van der Waals surface area contributed by atoms with Crippen molar-refractivity contribution in [2.45, 2.75) is 36.7 Å². The standard InChI is InChI=1S/C20H22N4O2S/c1-3-15(16-8-5-4-6-9-16)13-22-18(25)14(2)27-20-24-23-19(26-20)17-10-7-11-21-12-17/h4-12,14-15H,3,13H2,1-2H3,(H,22,25)/t14-,15-/m0/s1. The van der Waals surface area contributed by atoms with E-state index < -0.39 is 0 Å². The third kappa shape index (κ3) is 5.17. The van der Waals surface area contributed by atoms with Gasteiger partial charge in [-0.2, -0.15) is 0 Å². The van der Waals surface area contributed by atoms with Crippen LogP contribution in [0.5, 0.6) is 0 Å². The lowest BCUT2D eigenvalue weighted by Gasteiger charge is -2.17. The second kappa shape index (κ2) is 9.32. The summed E-state index contributed by atoms with van der Waals surface area (Å²) < 4.78 is 5.63. The first kappa shape index (κ1) is 19.1. The summed E-state index contributed by atoms with van der Waals surface area (Å²) in [5.41, 5.74) is 1.99. The maximum absolute atomic E-state index is 12.4. The van der Waals surface area contributed by atoms with Crippen LogP contribution in [0.25, 0.3) is 11.5 Å². The van der Waals surface area contributed by atoms with Crippen molar-refractivity contribution in [1.82, 2.24) is 20.5 Å². The maximum Gasteiger partial charge on any atom is 0.277 e. The SMILES string of the molecule is CC[C@@H](CNC(=O)[C@H](C)Sc1nnc(-c2cccnc2)o1)c1ccccc1.